The molecule has 1 aliphatic rings. The van der Waals surface area contributed by atoms with E-state index in [0.717, 1.165) is 35.3 Å². The van der Waals surface area contributed by atoms with E-state index >= 15 is 0 Å². The van der Waals surface area contributed by atoms with Gasteiger partial charge in [0.2, 0.25) is 0 Å². The fourth-order valence-electron chi connectivity index (χ4n) is 4.51. The third-order valence-electron chi connectivity index (χ3n) is 6.31. The minimum atomic E-state index is -0.668. The highest BCUT2D eigenvalue weighted by Crippen LogP contribution is 2.41. The Labute approximate surface area is 208 Å². The molecule has 1 fully saturated rings. The van der Waals surface area contributed by atoms with Gasteiger partial charge in [-0.15, -0.1) is 0 Å². The highest BCUT2D eigenvalue weighted by molar-refractivity contribution is 6.46. The van der Waals surface area contributed by atoms with E-state index in [1.165, 1.54) is 0 Å². The van der Waals surface area contributed by atoms with Gasteiger partial charge in [0.25, 0.3) is 11.7 Å². The van der Waals surface area contributed by atoms with E-state index < -0.39 is 17.7 Å². The van der Waals surface area contributed by atoms with Crippen molar-refractivity contribution in [1.29, 1.82) is 0 Å². The molecule has 6 heteroatoms. The summed E-state index contributed by atoms with van der Waals surface area (Å²) in [6.07, 6.45) is 1.67. The lowest BCUT2D eigenvalue weighted by atomic mass is 9.91. The number of amides is 1. The van der Waals surface area contributed by atoms with Crippen LogP contribution in [0.2, 0.25) is 0 Å². The minimum Gasteiger partial charge on any atom is -0.507 e. The van der Waals surface area contributed by atoms with E-state index in [2.05, 4.69) is 0 Å². The molecule has 1 saturated heterocycles. The topological polar surface area (TPSA) is 76.1 Å². The second kappa shape index (κ2) is 11.0. The molecular formula is C29H37NO5. The molecular weight excluding hydrogens is 442 g/mol. The maximum absolute atomic E-state index is 13.3. The zero-order valence-electron chi connectivity index (χ0n) is 21.8. The summed E-state index contributed by atoms with van der Waals surface area (Å²) in [5.41, 5.74) is 3.10. The smallest absolute Gasteiger partial charge is 0.295 e. The monoisotopic (exact) mass is 479 g/mol. The van der Waals surface area contributed by atoms with Crippen LogP contribution >= 0.6 is 0 Å². The molecule has 1 heterocycles. The van der Waals surface area contributed by atoms with Gasteiger partial charge in [-0.3, -0.25) is 9.59 Å². The average molecular weight is 480 g/mol. The quantitative estimate of drug-likeness (QED) is 0.266. The van der Waals surface area contributed by atoms with Crippen LogP contribution in [0.5, 0.6) is 11.5 Å². The van der Waals surface area contributed by atoms with Gasteiger partial charge in [0, 0.05) is 12.1 Å². The molecule has 1 atom stereocenters. The normalized spacial score (nSPS) is 17.5. The molecule has 2 aromatic carbocycles. The van der Waals surface area contributed by atoms with Gasteiger partial charge in [-0.05, 0) is 74.1 Å². The molecule has 0 radical (unpaired) electrons. The molecule has 1 aliphatic heterocycles. The van der Waals surface area contributed by atoms with Gasteiger partial charge in [-0.2, -0.15) is 0 Å². The number of rotatable bonds is 9. The molecule has 6 nitrogen and oxygen atoms in total. The predicted molar refractivity (Wildman–Crippen MR) is 138 cm³/mol. The van der Waals surface area contributed by atoms with Crippen LogP contribution in [-0.2, 0) is 9.59 Å². The molecule has 3 rings (SSSR count). The van der Waals surface area contributed by atoms with E-state index in [9.17, 15) is 14.7 Å². The minimum absolute atomic E-state index is 0.0317. The Kier molecular flexibility index (Phi) is 8.26. The summed E-state index contributed by atoms with van der Waals surface area (Å²) in [4.78, 5) is 28.0. The number of hydrogen-bond donors (Lipinski definition) is 1. The predicted octanol–water partition coefficient (Wildman–Crippen LogP) is 6.14. The van der Waals surface area contributed by atoms with Gasteiger partial charge in [0.15, 0.2) is 0 Å². The summed E-state index contributed by atoms with van der Waals surface area (Å²) in [7, 11) is 1.62. The van der Waals surface area contributed by atoms with Crippen molar-refractivity contribution in [2.45, 2.75) is 72.4 Å². The van der Waals surface area contributed by atoms with Crippen molar-refractivity contribution in [3.05, 3.63) is 64.2 Å². The molecule has 1 unspecified atom stereocenters. The van der Waals surface area contributed by atoms with Crippen LogP contribution in [0, 0.1) is 6.92 Å². The van der Waals surface area contributed by atoms with Crippen LogP contribution in [0.1, 0.15) is 81.7 Å². The fraction of sp³-hybridized carbons (Fsp3) is 0.448. The lowest BCUT2D eigenvalue weighted by Gasteiger charge is -2.26. The number of ether oxygens (including phenoxy) is 2. The Morgan fingerprint density at radius 2 is 1.74 bits per heavy atom. The number of aliphatic hydroxyl groups excluding tert-OH is 1. The van der Waals surface area contributed by atoms with Gasteiger partial charge in [-0.1, -0.05) is 39.3 Å². The third-order valence-corrected chi connectivity index (χ3v) is 6.31. The van der Waals surface area contributed by atoms with E-state index in [-0.39, 0.29) is 23.4 Å². The van der Waals surface area contributed by atoms with E-state index in [4.69, 9.17) is 9.47 Å². The van der Waals surface area contributed by atoms with Gasteiger partial charge >= 0.3 is 0 Å². The Bertz CT molecular complexity index is 1110. The van der Waals surface area contributed by atoms with Crippen LogP contribution in [0.15, 0.2) is 42.0 Å². The van der Waals surface area contributed by atoms with Crippen molar-refractivity contribution >= 4 is 17.4 Å². The Morgan fingerprint density at radius 1 is 1.09 bits per heavy atom. The van der Waals surface area contributed by atoms with Gasteiger partial charge in [0.05, 0.1) is 24.8 Å². The molecule has 0 aliphatic carbocycles. The molecule has 0 bridgehead atoms. The molecule has 1 N–H and O–H groups in total. The Balaban J connectivity index is 2.19. The number of aliphatic hydroxyl groups is 1. The first kappa shape index (κ1) is 26.3. The van der Waals surface area contributed by atoms with Crippen molar-refractivity contribution < 1.29 is 24.2 Å². The molecule has 35 heavy (non-hydrogen) atoms. The fourth-order valence-corrected chi connectivity index (χ4v) is 4.51. The first-order valence-electron chi connectivity index (χ1n) is 12.3. The number of Topliss-reactive ketones (excluding diaryl/α,β-unsaturated/α-hetero) is 1. The van der Waals surface area contributed by atoms with Crippen LogP contribution in [0.4, 0.5) is 0 Å². The lowest BCUT2D eigenvalue weighted by Crippen LogP contribution is -2.30. The number of carbonyl (C=O) groups excluding carboxylic acids is 2. The van der Waals surface area contributed by atoms with Crippen LogP contribution in [-0.4, -0.2) is 41.5 Å². The van der Waals surface area contributed by atoms with Crippen molar-refractivity contribution in [2.24, 2.45) is 0 Å². The summed E-state index contributed by atoms with van der Waals surface area (Å²) in [5.74, 6) is 0.192. The van der Waals surface area contributed by atoms with E-state index in [0.29, 0.717) is 17.9 Å². The van der Waals surface area contributed by atoms with Gasteiger partial charge in [0.1, 0.15) is 17.3 Å². The number of methoxy groups -OCH3 is 1. The number of likely N-dealkylation sites (tertiary alicyclic amines) is 1. The zero-order valence-corrected chi connectivity index (χ0v) is 21.8. The van der Waals surface area contributed by atoms with Crippen LogP contribution in [0.3, 0.4) is 0 Å². The second-order valence-electron chi connectivity index (χ2n) is 9.65. The number of nitrogens with zero attached hydrogens (tertiary/aromatic N) is 1. The molecule has 0 saturated carbocycles. The summed E-state index contributed by atoms with van der Waals surface area (Å²) in [5, 5.41) is 11.5. The van der Waals surface area contributed by atoms with E-state index in [1.807, 2.05) is 77.9 Å². The molecule has 0 spiro atoms. The standard InChI is InChI=1S/C29H37NO5/c1-8-9-14-30-26(20-10-12-21(13-11-20)35-18(4)5)25(28(32)29(30)33)27(31)23-16-22(17(2)3)24(34-7)15-19(23)6/h10-13,15-18,26,31H,8-9,14H2,1-7H3/b27-25+. The zero-order chi connectivity index (χ0) is 25.9. The number of aryl methyl sites for hydroxylation is 1. The summed E-state index contributed by atoms with van der Waals surface area (Å²) < 4.78 is 11.3. The summed E-state index contributed by atoms with van der Waals surface area (Å²) in [6.45, 7) is 12.3. The van der Waals surface area contributed by atoms with E-state index in [1.54, 1.807) is 12.0 Å². The molecule has 2 aromatic rings. The Hall–Kier alpha value is -3.28. The number of unbranched alkanes of at least 4 members (excludes halogenated alkanes) is 1. The summed E-state index contributed by atoms with van der Waals surface area (Å²) in [6, 6.07) is 10.5. The first-order chi connectivity index (χ1) is 16.6. The van der Waals surface area contributed by atoms with Crippen molar-refractivity contribution in [3.8, 4) is 11.5 Å². The van der Waals surface area contributed by atoms with Crippen molar-refractivity contribution in [2.75, 3.05) is 13.7 Å². The highest BCUT2D eigenvalue weighted by Gasteiger charge is 2.46. The summed E-state index contributed by atoms with van der Waals surface area (Å²) >= 11 is 0. The third kappa shape index (κ3) is 5.37. The second-order valence-corrected chi connectivity index (χ2v) is 9.65. The highest BCUT2D eigenvalue weighted by atomic mass is 16.5. The van der Waals surface area contributed by atoms with Gasteiger partial charge in [-0.25, -0.2) is 0 Å². The molecule has 1 amide bonds. The molecule has 0 aromatic heterocycles. The largest absolute Gasteiger partial charge is 0.507 e. The lowest BCUT2D eigenvalue weighted by molar-refractivity contribution is -0.139. The Morgan fingerprint density at radius 3 is 2.29 bits per heavy atom. The first-order valence-corrected chi connectivity index (χ1v) is 12.3. The maximum atomic E-state index is 13.3. The number of ketones is 1. The van der Waals surface area contributed by atoms with Crippen LogP contribution < -0.4 is 9.47 Å². The SMILES string of the molecule is CCCCN1C(=O)C(=O)/C(=C(/O)c2cc(C(C)C)c(OC)cc2C)C1c1ccc(OC(C)C)cc1. The number of benzene rings is 2. The average Bonchev–Trinajstić information content (AvgIpc) is 3.06. The van der Waals surface area contributed by atoms with Crippen LogP contribution in [0.25, 0.3) is 5.76 Å². The number of hydrogen-bond acceptors (Lipinski definition) is 5. The van der Waals surface area contributed by atoms with Crippen molar-refractivity contribution in [3.63, 3.8) is 0 Å². The van der Waals surface area contributed by atoms with Gasteiger partial charge < -0.3 is 19.5 Å². The number of carbonyl (C=O) groups is 2. The molecule has 188 valence electrons. The van der Waals surface area contributed by atoms with Crippen molar-refractivity contribution in [1.82, 2.24) is 4.90 Å². The maximum Gasteiger partial charge on any atom is 0.295 e.